The number of hydrogen-bond donors (Lipinski definition) is 1. The summed E-state index contributed by atoms with van der Waals surface area (Å²) in [6.45, 7) is 1.79. The Morgan fingerprint density at radius 1 is 1.25 bits per heavy atom. The van der Waals surface area contributed by atoms with Crippen LogP contribution in [0.5, 0.6) is 5.75 Å². The molecule has 1 atom stereocenters. The highest BCUT2D eigenvalue weighted by atomic mass is 16.5. The topological polar surface area (TPSA) is 106 Å². The van der Waals surface area contributed by atoms with Gasteiger partial charge in [0, 0.05) is 43.0 Å². The zero-order chi connectivity index (χ0) is 22.9. The molecule has 4 rings (SSSR count). The third kappa shape index (κ3) is 4.10. The molecule has 1 aromatic carbocycles. The Morgan fingerprint density at radius 3 is 2.75 bits per heavy atom. The van der Waals surface area contributed by atoms with Gasteiger partial charge in [0.2, 0.25) is 11.8 Å². The Morgan fingerprint density at radius 2 is 2.06 bits per heavy atom. The van der Waals surface area contributed by atoms with E-state index in [1.165, 1.54) is 25.1 Å². The van der Waals surface area contributed by atoms with Crippen molar-refractivity contribution in [3.63, 3.8) is 0 Å². The maximum atomic E-state index is 13.0. The summed E-state index contributed by atoms with van der Waals surface area (Å²) in [6, 6.07) is 6.99. The number of Topliss-reactive ketones (excluding diaryl/α,β-unsaturated/α-hetero) is 1. The molecule has 1 N–H and O–H groups in total. The molecule has 0 bridgehead atoms. The van der Waals surface area contributed by atoms with E-state index >= 15 is 0 Å². The lowest BCUT2D eigenvalue weighted by Gasteiger charge is -2.25. The number of rotatable bonds is 5. The third-order valence-corrected chi connectivity index (χ3v) is 5.50. The monoisotopic (exact) mass is 431 g/mol. The smallest absolute Gasteiger partial charge is 0.254 e. The van der Waals surface area contributed by atoms with E-state index in [2.05, 4.69) is 22.1 Å². The fourth-order valence-electron chi connectivity index (χ4n) is 3.97. The van der Waals surface area contributed by atoms with Crippen molar-refractivity contribution in [2.24, 2.45) is 5.41 Å². The maximum absolute atomic E-state index is 13.0. The van der Waals surface area contributed by atoms with Crippen LogP contribution in [0.2, 0.25) is 0 Å². The number of carbonyl (C=O) groups is 4. The Kier molecular flexibility index (Phi) is 5.49. The molecule has 2 aliphatic rings. The third-order valence-electron chi connectivity index (χ3n) is 5.50. The lowest BCUT2D eigenvalue weighted by molar-refractivity contribution is -0.127. The number of pyridine rings is 1. The Balaban J connectivity index is 1.63. The number of benzene rings is 1. The minimum atomic E-state index is -1.37. The van der Waals surface area contributed by atoms with E-state index in [4.69, 9.17) is 4.74 Å². The average molecular weight is 431 g/mol. The van der Waals surface area contributed by atoms with Crippen LogP contribution in [0.15, 0.2) is 36.7 Å². The van der Waals surface area contributed by atoms with Gasteiger partial charge < -0.3 is 9.64 Å². The van der Waals surface area contributed by atoms with E-state index in [0.717, 1.165) is 5.56 Å². The number of aromatic nitrogens is 1. The Hall–Kier alpha value is -3.99. The molecule has 0 radical (unpaired) electrons. The summed E-state index contributed by atoms with van der Waals surface area (Å²) in [4.78, 5) is 54.8. The van der Waals surface area contributed by atoms with Crippen LogP contribution in [0.25, 0.3) is 0 Å². The van der Waals surface area contributed by atoms with Crippen LogP contribution in [0.4, 0.5) is 0 Å². The number of nitrogens with zero attached hydrogens (tertiary/aromatic N) is 2. The largest absolute Gasteiger partial charge is 0.497 e. The quantitative estimate of drug-likeness (QED) is 0.565. The van der Waals surface area contributed by atoms with Gasteiger partial charge in [-0.25, -0.2) is 0 Å². The zero-order valence-electron chi connectivity index (χ0n) is 17.7. The van der Waals surface area contributed by atoms with Gasteiger partial charge in [0.05, 0.1) is 13.5 Å². The summed E-state index contributed by atoms with van der Waals surface area (Å²) in [7, 11) is 1.53. The van der Waals surface area contributed by atoms with Crippen molar-refractivity contribution in [1.82, 2.24) is 15.2 Å². The van der Waals surface area contributed by atoms with E-state index in [9.17, 15) is 19.2 Å². The molecule has 162 valence electrons. The van der Waals surface area contributed by atoms with Crippen LogP contribution in [0.1, 0.15) is 40.4 Å². The van der Waals surface area contributed by atoms with Crippen LogP contribution in [-0.2, 0) is 27.3 Å². The molecule has 2 aliphatic heterocycles. The molecule has 8 nitrogen and oxygen atoms in total. The second kappa shape index (κ2) is 8.27. The van der Waals surface area contributed by atoms with Crippen molar-refractivity contribution < 1.29 is 23.9 Å². The van der Waals surface area contributed by atoms with E-state index in [1.807, 2.05) is 6.07 Å². The fourth-order valence-corrected chi connectivity index (χ4v) is 3.97. The summed E-state index contributed by atoms with van der Waals surface area (Å²) < 4.78 is 5.20. The molecule has 32 heavy (non-hydrogen) atoms. The summed E-state index contributed by atoms with van der Waals surface area (Å²) >= 11 is 0. The molecule has 3 heterocycles. The van der Waals surface area contributed by atoms with Crippen molar-refractivity contribution in [3.8, 4) is 17.6 Å². The first kappa shape index (κ1) is 21.2. The maximum Gasteiger partial charge on any atom is 0.254 e. The standard InChI is InChI=1S/C24H21N3O5/c1-15(28)7-17-8-16(11-25-12-17)5-6-24(10-21(29)26-23(24)31)14-27-13-18-3-4-19(32-2)9-20(18)22(27)30/h3-4,8-9,11-12H,7,10,13-14H2,1-2H3,(H,26,29,31)/t24-/m1/s1. The van der Waals surface area contributed by atoms with Gasteiger partial charge in [-0.2, -0.15) is 0 Å². The summed E-state index contributed by atoms with van der Waals surface area (Å²) in [5.74, 6) is 5.24. The van der Waals surface area contributed by atoms with Crippen molar-refractivity contribution in [1.29, 1.82) is 0 Å². The van der Waals surface area contributed by atoms with Crippen LogP contribution < -0.4 is 10.1 Å². The van der Waals surface area contributed by atoms with E-state index in [1.54, 1.807) is 24.4 Å². The first-order valence-corrected chi connectivity index (χ1v) is 10.1. The number of hydrogen-bond acceptors (Lipinski definition) is 6. The second-order valence-corrected chi connectivity index (χ2v) is 8.03. The highest BCUT2D eigenvalue weighted by Crippen LogP contribution is 2.33. The van der Waals surface area contributed by atoms with Crippen LogP contribution >= 0.6 is 0 Å². The SMILES string of the molecule is COc1ccc2c(c1)C(=O)N(C[C@@]1(C#Cc3cncc(CC(C)=O)c3)CC(=O)NC1=O)C2. The molecule has 8 heteroatoms. The molecule has 1 aromatic heterocycles. The molecule has 0 aliphatic carbocycles. The van der Waals surface area contributed by atoms with Crippen LogP contribution in [0.3, 0.4) is 0 Å². The normalized spacial score (nSPS) is 19.3. The number of amides is 3. The molecule has 1 fully saturated rings. The highest BCUT2D eigenvalue weighted by molar-refractivity contribution is 6.08. The molecule has 1 saturated heterocycles. The molecule has 0 unspecified atom stereocenters. The minimum Gasteiger partial charge on any atom is -0.497 e. The van der Waals surface area contributed by atoms with Gasteiger partial charge in [-0.1, -0.05) is 17.9 Å². The van der Waals surface area contributed by atoms with Crippen molar-refractivity contribution in [3.05, 3.63) is 58.9 Å². The first-order chi connectivity index (χ1) is 15.3. The van der Waals surface area contributed by atoms with Gasteiger partial charge in [0.25, 0.3) is 5.91 Å². The van der Waals surface area contributed by atoms with Gasteiger partial charge >= 0.3 is 0 Å². The van der Waals surface area contributed by atoms with Crippen LogP contribution in [0, 0.1) is 17.3 Å². The van der Waals surface area contributed by atoms with E-state index in [-0.39, 0.29) is 31.1 Å². The number of fused-ring (bicyclic) bond motifs is 1. The highest BCUT2D eigenvalue weighted by Gasteiger charge is 2.48. The Bertz CT molecular complexity index is 1210. The summed E-state index contributed by atoms with van der Waals surface area (Å²) in [6.07, 6.45) is 3.21. The van der Waals surface area contributed by atoms with Crippen molar-refractivity contribution in [2.75, 3.05) is 13.7 Å². The van der Waals surface area contributed by atoms with E-state index < -0.39 is 17.2 Å². The van der Waals surface area contributed by atoms with Crippen molar-refractivity contribution in [2.45, 2.75) is 26.3 Å². The van der Waals surface area contributed by atoms with Gasteiger partial charge in [0.1, 0.15) is 16.9 Å². The lowest BCUT2D eigenvalue weighted by Crippen LogP contribution is -2.42. The van der Waals surface area contributed by atoms with Gasteiger partial charge in [-0.15, -0.1) is 0 Å². The molecular formula is C24H21N3O5. The predicted molar refractivity (Wildman–Crippen MR) is 113 cm³/mol. The number of imide groups is 1. The van der Waals surface area contributed by atoms with Gasteiger partial charge in [-0.05, 0) is 36.2 Å². The van der Waals surface area contributed by atoms with Crippen molar-refractivity contribution >= 4 is 23.5 Å². The number of methoxy groups -OCH3 is 1. The zero-order valence-corrected chi connectivity index (χ0v) is 17.7. The molecular weight excluding hydrogens is 410 g/mol. The number of ketones is 1. The average Bonchev–Trinajstić information content (AvgIpc) is 3.21. The molecule has 0 saturated carbocycles. The van der Waals surface area contributed by atoms with Gasteiger partial charge in [0.15, 0.2) is 0 Å². The summed E-state index contributed by atoms with van der Waals surface area (Å²) in [5.41, 5.74) is 1.21. The molecule has 3 amide bonds. The van der Waals surface area contributed by atoms with E-state index in [0.29, 0.717) is 29.0 Å². The summed E-state index contributed by atoms with van der Waals surface area (Å²) in [5, 5.41) is 2.31. The lowest BCUT2D eigenvalue weighted by atomic mass is 9.85. The number of ether oxygens (including phenoxy) is 1. The minimum absolute atomic E-state index is 0.00195. The van der Waals surface area contributed by atoms with Gasteiger partial charge in [-0.3, -0.25) is 29.5 Å². The Labute approximate surface area is 185 Å². The molecule has 2 aromatic rings. The number of carbonyl (C=O) groups excluding carboxylic acids is 4. The number of nitrogens with one attached hydrogen (secondary N) is 1. The second-order valence-electron chi connectivity index (χ2n) is 8.03. The fraction of sp³-hybridized carbons (Fsp3) is 0.292. The first-order valence-electron chi connectivity index (χ1n) is 10.1. The van der Waals surface area contributed by atoms with Crippen LogP contribution in [-0.4, -0.2) is 47.0 Å². The predicted octanol–water partition coefficient (Wildman–Crippen LogP) is 1.26. The molecule has 0 spiro atoms.